The summed E-state index contributed by atoms with van der Waals surface area (Å²) in [5.74, 6) is 0.477. The van der Waals surface area contributed by atoms with Gasteiger partial charge in [-0.25, -0.2) is 4.98 Å². The van der Waals surface area contributed by atoms with Crippen LogP contribution in [-0.2, 0) is 10.0 Å². The van der Waals surface area contributed by atoms with Crippen molar-refractivity contribution in [3.63, 3.8) is 0 Å². The highest BCUT2D eigenvalue weighted by Crippen LogP contribution is 2.23. The Kier molecular flexibility index (Phi) is 3.45. The number of sulfonamides is 1. The van der Waals surface area contributed by atoms with Crippen LogP contribution < -0.4 is 4.72 Å². The molecule has 0 aliphatic carbocycles. The topological polar surface area (TPSA) is 118 Å². The molecule has 0 amide bonds. The molecule has 0 aliphatic rings. The number of anilines is 1. The number of imidazole rings is 1. The Morgan fingerprint density at radius 1 is 1.35 bits per heavy atom. The van der Waals surface area contributed by atoms with Gasteiger partial charge in [0.05, 0.1) is 11.1 Å². The molecule has 1 aromatic heterocycles. The fourth-order valence-corrected chi connectivity index (χ4v) is 2.69. The van der Waals surface area contributed by atoms with Gasteiger partial charge in [0.15, 0.2) is 5.03 Å². The first-order valence-corrected chi connectivity index (χ1v) is 7.07. The molecule has 1 aromatic carbocycles. The zero-order valence-electron chi connectivity index (χ0n) is 10.7. The number of aromatic nitrogens is 2. The Balaban J connectivity index is 2.30. The van der Waals surface area contributed by atoms with E-state index in [1.54, 1.807) is 6.92 Å². The van der Waals surface area contributed by atoms with Crippen molar-refractivity contribution in [3.05, 3.63) is 45.9 Å². The molecule has 0 radical (unpaired) electrons. The van der Waals surface area contributed by atoms with Crippen LogP contribution in [-0.4, -0.2) is 23.3 Å². The zero-order chi connectivity index (χ0) is 14.9. The highest BCUT2D eigenvalue weighted by molar-refractivity contribution is 7.92. The minimum absolute atomic E-state index is 0.0639. The first-order valence-electron chi connectivity index (χ1n) is 5.59. The van der Waals surface area contributed by atoms with Crippen LogP contribution in [0.4, 0.5) is 11.4 Å². The molecule has 1 heterocycles. The second kappa shape index (κ2) is 4.93. The average molecular weight is 296 g/mol. The quantitative estimate of drug-likeness (QED) is 0.658. The number of nitrogens with one attached hydrogen (secondary N) is 2. The van der Waals surface area contributed by atoms with Crippen LogP contribution in [0, 0.1) is 24.0 Å². The molecule has 0 saturated carbocycles. The summed E-state index contributed by atoms with van der Waals surface area (Å²) in [6.07, 6.45) is 1.20. The van der Waals surface area contributed by atoms with Gasteiger partial charge in [-0.3, -0.25) is 14.8 Å². The van der Waals surface area contributed by atoms with Crippen LogP contribution in [0.15, 0.2) is 29.4 Å². The fraction of sp³-hybridized carbons (Fsp3) is 0.182. The Bertz CT molecular complexity index is 766. The number of hydrogen-bond acceptors (Lipinski definition) is 5. The van der Waals surface area contributed by atoms with Crippen molar-refractivity contribution < 1.29 is 13.3 Å². The van der Waals surface area contributed by atoms with Gasteiger partial charge in [-0.05, 0) is 26.0 Å². The van der Waals surface area contributed by atoms with E-state index in [1.165, 1.54) is 31.3 Å². The summed E-state index contributed by atoms with van der Waals surface area (Å²) < 4.78 is 26.4. The number of nitro groups is 1. The van der Waals surface area contributed by atoms with Gasteiger partial charge >= 0.3 is 0 Å². The third kappa shape index (κ3) is 2.77. The van der Waals surface area contributed by atoms with Crippen LogP contribution in [0.2, 0.25) is 0 Å². The van der Waals surface area contributed by atoms with Crippen LogP contribution in [0.1, 0.15) is 11.4 Å². The molecule has 9 heteroatoms. The second-order valence-corrected chi connectivity index (χ2v) is 5.85. The maximum atomic E-state index is 12.0. The van der Waals surface area contributed by atoms with Crippen molar-refractivity contribution in [3.8, 4) is 0 Å². The monoisotopic (exact) mass is 296 g/mol. The lowest BCUT2D eigenvalue weighted by molar-refractivity contribution is -0.385. The van der Waals surface area contributed by atoms with Crippen molar-refractivity contribution in [1.82, 2.24) is 9.97 Å². The molecule has 0 atom stereocenters. The van der Waals surface area contributed by atoms with E-state index >= 15 is 0 Å². The normalized spacial score (nSPS) is 11.3. The predicted molar refractivity (Wildman–Crippen MR) is 72.0 cm³/mol. The van der Waals surface area contributed by atoms with E-state index in [0.29, 0.717) is 11.4 Å². The second-order valence-electron chi connectivity index (χ2n) is 4.20. The molecule has 8 nitrogen and oxygen atoms in total. The van der Waals surface area contributed by atoms with Crippen molar-refractivity contribution in [2.45, 2.75) is 18.9 Å². The molecule has 2 N–H and O–H groups in total. The summed E-state index contributed by atoms with van der Waals surface area (Å²) in [6, 6.07) is 4.00. The molecule has 2 aromatic rings. The van der Waals surface area contributed by atoms with E-state index in [2.05, 4.69) is 14.7 Å². The molecule has 0 fully saturated rings. The van der Waals surface area contributed by atoms with E-state index in [-0.39, 0.29) is 16.4 Å². The number of benzene rings is 1. The number of H-pyrrole nitrogens is 1. The lowest BCUT2D eigenvalue weighted by Gasteiger charge is -2.07. The standard InChI is InChI=1S/C11H12N4O4S/c1-7-5-9(3-4-10(7)15(16)17)14-20(18,19)11-6-12-8(2)13-11/h3-6,14H,1-2H3,(H,12,13). The first kappa shape index (κ1) is 14.0. The molecule has 0 saturated heterocycles. The molecule has 0 aliphatic heterocycles. The Hall–Kier alpha value is -2.42. The van der Waals surface area contributed by atoms with Gasteiger partial charge in [0.2, 0.25) is 0 Å². The first-order chi connectivity index (χ1) is 9.29. The molecular weight excluding hydrogens is 284 g/mol. The highest BCUT2D eigenvalue weighted by atomic mass is 32.2. The van der Waals surface area contributed by atoms with Crippen molar-refractivity contribution in [2.24, 2.45) is 0 Å². The van der Waals surface area contributed by atoms with Gasteiger partial charge in [-0.1, -0.05) is 0 Å². The molecule has 2 rings (SSSR count). The van der Waals surface area contributed by atoms with E-state index in [1.807, 2.05) is 0 Å². The summed E-state index contributed by atoms with van der Waals surface area (Å²) >= 11 is 0. The molecule has 0 spiro atoms. The van der Waals surface area contributed by atoms with E-state index in [9.17, 15) is 18.5 Å². The third-order valence-electron chi connectivity index (χ3n) is 2.61. The number of nitro benzene ring substituents is 1. The number of hydrogen-bond donors (Lipinski definition) is 2. The maximum Gasteiger partial charge on any atom is 0.278 e. The highest BCUT2D eigenvalue weighted by Gasteiger charge is 2.18. The smallest absolute Gasteiger partial charge is 0.278 e. The summed E-state index contributed by atoms with van der Waals surface area (Å²) in [5, 5.41) is 10.6. The fourth-order valence-electron chi connectivity index (χ4n) is 1.67. The van der Waals surface area contributed by atoms with Gasteiger partial charge in [0.1, 0.15) is 5.82 Å². The van der Waals surface area contributed by atoms with E-state index in [0.717, 1.165) is 0 Å². The summed E-state index contributed by atoms with van der Waals surface area (Å²) in [6.45, 7) is 3.17. The summed E-state index contributed by atoms with van der Waals surface area (Å²) in [4.78, 5) is 16.6. The maximum absolute atomic E-state index is 12.0. The Morgan fingerprint density at radius 3 is 2.55 bits per heavy atom. The van der Waals surface area contributed by atoms with Crippen molar-refractivity contribution in [1.29, 1.82) is 0 Å². The van der Waals surface area contributed by atoms with Gasteiger partial charge in [-0.2, -0.15) is 8.42 Å². The van der Waals surface area contributed by atoms with Crippen LogP contribution >= 0.6 is 0 Å². The van der Waals surface area contributed by atoms with Gasteiger partial charge in [0.25, 0.3) is 15.7 Å². The molecule has 20 heavy (non-hydrogen) atoms. The van der Waals surface area contributed by atoms with Crippen molar-refractivity contribution >= 4 is 21.4 Å². The lowest BCUT2D eigenvalue weighted by atomic mass is 10.2. The molecule has 0 unspecified atom stereocenters. The summed E-state index contributed by atoms with van der Waals surface area (Å²) in [7, 11) is -3.78. The summed E-state index contributed by atoms with van der Waals surface area (Å²) in [5.41, 5.74) is 0.557. The SMILES string of the molecule is Cc1ncc(S(=O)(=O)Nc2ccc([N+](=O)[O-])c(C)c2)[nH]1. The van der Waals surface area contributed by atoms with Crippen LogP contribution in [0.5, 0.6) is 0 Å². The Labute approximate surface area is 115 Å². The zero-order valence-corrected chi connectivity index (χ0v) is 11.6. The average Bonchev–Trinajstić information content (AvgIpc) is 2.75. The third-order valence-corrected chi connectivity index (χ3v) is 3.91. The number of aryl methyl sites for hydroxylation is 2. The number of nitrogens with zero attached hydrogens (tertiary/aromatic N) is 2. The molecular formula is C11H12N4O4S. The van der Waals surface area contributed by atoms with Crippen molar-refractivity contribution in [2.75, 3.05) is 4.72 Å². The van der Waals surface area contributed by atoms with E-state index in [4.69, 9.17) is 0 Å². The molecule has 0 bridgehead atoms. The van der Waals surface area contributed by atoms with Gasteiger partial charge < -0.3 is 4.98 Å². The lowest BCUT2D eigenvalue weighted by Crippen LogP contribution is -2.13. The predicted octanol–water partition coefficient (Wildman–Crippen LogP) is 1.74. The largest absolute Gasteiger partial charge is 0.332 e. The Morgan fingerprint density at radius 2 is 2.05 bits per heavy atom. The minimum atomic E-state index is -3.78. The number of aromatic amines is 1. The van der Waals surface area contributed by atoms with Crippen LogP contribution in [0.25, 0.3) is 0 Å². The van der Waals surface area contributed by atoms with Gasteiger partial charge in [-0.15, -0.1) is 0 Å². The minimum Gasteiger partial charge on any atom is -0.332 e. The van der Waals surface area contributed by atoms with Crippen LogP contribution in [0.3, 0.4) is 0 Å². The molecule has 106 valence electrons. The van der Waals surface area contributed by atoms with Gasteiger partial charge in [0, 0.05) is 17.3 Å². The van der Waals surface area contributed by atoms with E-state index < -0.39 is 14.9 Å². The number of rotatable bonds is 4.